The van der Waals surface area contributed by atoms with Crippen LogP contribution in [0.2, 0.25) is 5.02 Å². The van der Waals surface area contributed by atoms with E-state index in [1.165, 1.54) is 22.5 Å². The van der Waals surface area contributed by atoms with E-state index in [0.29, 0.717) is 17.9 Å². The zero-order valence-electron chi connectivity index (χ0n) is 13.4. The Morgan fingerprint density at radius 2 is 1.96 bits per heavy atom. The lowest BCUT2D eigenvalue weighted by molar-refractivity contribution is -0.120. The minimum absolute atomic E-state index is 0.0287. The van der Waals surface area contributed by atoms with Crippen LogP contribution in [0.15, 0.2) is 38.3 Å². The Bertz CT molecular complexity index is 927. The summed E-state index contributed by atoms with van der Waals surface area (Å²) in [7, 11) is -3.55. The van der Waals surface area contributed by atoms with Crippen molar-refractivity contribution in [3.8, 4) is 0 Å². The molecule has 1 fully saturated rings. The maximum atomic E-state index is 13.7. The van der Waals surface area contributed by atoms with Gasteiger partial charge in [-0.3, -0.25) is 4.79 Å². The Kier molecular flexibility index (Phi) is 6.03. The average Bonchev–Trinajstić information content (AvgIpc) is 3.05. The van der Waals surface area contributed by atoms with Crippen LogP contribution in [0.4, 0.5) is 10.1 Å². The van der Waals surface area contributed by atoms with Crippen molar-refractivity contribution in [2.24, 2.45) is 5.92 Å². The molecule has 0 unspecified atom stereocenters. The third-order valence-corrected chi connectivity index (χ3v) is 8.38. The van der Waals surface area contributed by atoms with E-state index in [1.807, 2.05) is 0 Å². The number of thiophene rings is 1. The van der Waals surface area contributed by atoms with Gasteiger partial charge in [0.1, 0.15) is 10.0 Å². The third kappa shape index (κ3) is 4.28. The highest BCUT2D eigenvalue weighted by Gasteiger charge is 2.33. The Morgan fingerprint density at radius 3 is 2.58 bits per heavy atom. The number of sulfonamides is 1. The Morgan fingerprint density at radius 1 is 1.27 bits per heavy atom. The Hall–Kier alpha value is -1.000. The molecule has 1 amide bonds. The maximum absolute atomic E-state index is 13.7. The number of carbonyl (C=O) groups is 1. The van der Waals surface area contributed by atoms with Crippen molar-refractivity contribution in [2.75, 3.05) is 18.4 Å². The number of amides is 1. The molecule has 1 aliphatic rings. The third-order valence-electron chi connectivity index (χ3n) is 4.15. The molecule has 1 aromatic heterocycles. The van der Waals surface area contributed by atoms with Gasteiger partial charge in [0.2, 0.25) is 5.91 Å². The number of carbonyl (C=O) groups excluding carboxylic acids is 1. The van der Waals surface area contributed by atoms with Gasteiger partial charge < -0.3 is 5.32 Å². The fourth-order valence-electron chi connectivity index (χ4n) is 2.75. The fraction of sp³-hybridized carbons (Fsp3) is 0.312. The van der Waals surface area contributed by atoms with Gasteiger partial charge in [0, 0.05) is 24.0 Å². The van der Waals surface area contributed by atoms with Gasteiger partial charge in [-0.15, -0.1) is 11.3 Å². The van der Waals surface area contributed by atoms with Crippen LogP contribution in [-0.4, -0.2) is 31.7 Å². The molecule has 0 bridgehead atoms. The van der Waals surface area contributed by atoms with E-state index < -0.39 is 15.8 Å². The van der Waals surface area contributed by atoms with E-state index in [-0.39, 0.29) is 34.8 Å². The van der Waals surface area contributed by atoms with Crippen molar-refractivity contribution in [1.82, 2.24) is 4.31 Å². The second-order valence-electron chi connectivity index (χ2n) is 5.85. The van der Waals surface area contributed by atoms with Gasteiger partial charge in [0.25, 0.3) is 10.0 Å². The van der Waals surface area contributed by atoms with Crippen molar-refractivity contribution < 1.29 is 17.6 Å². The second-order valence-corrected chi connectivity index (χ2v) is 10.9. The first-order valence-electron chi connectivity index (χ1n) is 7.79. The zero-order valence-corrected chi connectivity index (χ0v) is 17.4. The number of hydrogen-bond acceptors (Lipinski definition) is 4. The normalized spacial score (nSPS) is 16.6. The summed E-state index contributed by atoms with van der Waals surface area (Å²) >= 11 is 10.2. The SMILES string of the molecule is O=C(Nc1cc(Cl)ccc1F)C1CCN(S(=O)(=O)c2ccc(Br)s2)CC1. The summed E-state index contributed by atoms with van der Waals surface area (Å²) in [4.78, 5) is 12.4. The van der Waals surface area contributed by atoms with Crippen LogP contribution in [0, 0.1) is 11.7 Å². The number of halogens is 3. The average molecular weight is 482 g/mol. The number of rotatable bonds is 4. The minimum Gasteiger partial charge on any atom is -0.323 e. The summed E-state index contributed by atoms with van der Waals surface area (Å²) in [5, 5.41) is 2.86. The van der Waals surface area contributed by atoms with Crippen LogP contribution in [0.5, 0.6) is 0 Å². The van der Waals surface area contributed by atoms with Gasteiger partial charge >= 0.3 is 0 Å². The predicted molar refractivity (Wildman–Crippen MR) is 104 cm³/mol. The number of piperidine rings is 1. The summed E-state index contributed by atoms with van der Waals surface area (Å²) in [5.74, 6) is -1.27. The molecule has 1 N–H and O–H groups in total. The Balaban J connectivity index is 1.63. The molecule has 0 aliphatic carbocycles. The lowest BCUT2D eigenvalue weighted by Gasteiger charge is -2.30. The summed E-state index contributed by atoms with van der Waals surface area (Å²) in [5.41, 5.74) is 0.0287. The summed E-state index contributed by atoms with van der Waals surface area (Å²) in [6.45, 7) is 0.488. The van der Waals surface area contributed by atoms with Gasteiger partial charge in [-0.1, -0.05) is 11.6 Å². The lowest BCUT2D eigenvalue weighted by atomic mass is 9.97. The van der Waals surface area contributed by atoms with Crippen LogP contribution < -0.4 is 5.32 Å². The molecule has 140 valence electrons. The highest BCUT2D eigenvalue weighted by Crippen LogP contribution is 2.31. The monoisotopic (exact) mass is 480 g/mol. The van der Waals surface area contributed by atoms with E-state index in [1.54, 1.807) is 12.1 Å². The summed E-state index contributed by atoms with van der Waals surface area (Å²) in [6.07, 6.45) is 0.750. The minimum atomic E-state index is -3.55. The molecule has 3 rings (SSSR count). The topological polar surface area (TPSA) is 66.5 Å². The van der Waals surface area contributed by atoms with Crippen molar-refractivity contribution >= 4 is 60.5 Å². The van der Waals surface area contributed by atoms with Gasteiger partial charge in [-0.2, -0.15) is 4.31 Å². The second kappa shape index (κ2) is 7.93. The number of nitrogens with one attached hydrogen (secondary N) is 1. The highest BCUT2D eigenvalue weighted by molar-refractivity contribution is 9.11. The van der Waals surface area contributed by atoms with Crippen LogP contribution in [0.1, 0.15) is 12.8 Å². The quantitative estimate of drug-likeness (QED) is 0.706. The van der Waals surface area contributed by atoms with E-state index in [0.717, 1.165) is 15.1 Å². The number of benzene rings is 1. The van der Waals surface area contributed by atoms with Crippen LogP contribution in [-0.2, 0) is 14.8 Å². The molecule has 0 radical (unpaired) electrons. The Labute approximate surface area is 168 Å². The first-order chi connectivity index (χ1) is 12.3. The molecule has 0 spiro atoms. The molecule has 0 saturated carbocycles. The lowest BCUT2D eigenvalue weighted by Crippen LogP contribution is -2.41. The number of anilines is 1. The standard InChI is InChI=1S/C16H15BrClFN2O3S2/c17-14-3-4-15(25-14)26(23,24)21-7-5-10(6-8-21)16(22)20-13-9-11(18)1-2-12(13)19/h1-4,9-10H,5-8H2,(H,20,22). The van der Waals surface area contributed by atoms with E-state index in [4.69, 9.17) is 11.6 Å². The van der Waals surface area contributed by atoms with Gasteiger partial charge in [0.15, 0.2) is 0 Å². The van der Waals surface area contributed by atoms with Crippen LogP contribution in [0.25, 0.3) is 0 Å². The molecule has 1 aliphatic heterocycles. The van der Waals surface area contributed by atoms with E-state index in [9.17, 15) is 17.6 Å². The van der Waals surface area contributed by atoms with Crippen molar-refractivity contribution in [3.05, 3.63) is 45.0 Å². The molecule has 26 heavy (non-hydrogen) atoms. The number of nitrogens with zero attached hydrogens (tertiary/aromatic N) is 1. The zero-order chi connectivity index (χ0) is 18.9. The van der Waals surface area contributed by atoms with Crippen molar-refractivity contribution in [2.45, 2.75) is 17.1 Å². The molecule has 2 heterocycles. The molecular weight excluding hydrogens is 467 g/mol. The molecule has 5 nitrogen and oxygen atoms in total. The molecular formula is C16H15BrClFN2O3S2. The first-order valence-corrected chi connectivity index (χ1v) is 11.2. The van der Waals surface area contributed by atoms with Crippen molar-refractivity contribution in [3.63, 3.8) is 0 Å². The largest absolute Gasteiger partial charge is 0.323 e. The maximum Gasteiger partial charge on any atom is 0.252 e. The van der Waals surface area contributed by atoms with Crippen LogP contribution >= 0.6 is 38.9 Å². The van der Waals surface area contributed by atoms with E-state index in [2.05, 4.69) is 21.2 Å². The van der Waals surface area contributed by atoms with Gasteiger partial charge in [0.05, 0.1) is 9.47 Å². The fourth-order valence-corrected chi connectivity index (χ4v) is 6.56. The van der Waals surface area contributed by atoms with E-state index >= 15 is 0 Å². The van der Waals surface area contributed by atoms with Crippen LogP contribution in [0.3, 0.4) is 0 Å². The number of hydrogen-bond donors (Lipinski definition) is 1. The molecule has 2 aromatic rings. The van der Waals surface area contributed by atoms with Crippen molar-refractivity contribution in [1.29, 1.82) is 0 Å². The molecule has 0 atom stereocenters. The van der Waals surface area contributed by atoms with Gasteiger partial charge in [-0.05, 0) is 59.1 Å². The molecule has 1 saturated heterocycles. The summed E-state index contributed by atoms with van der Waals surface area (Å²) in [6, 6.07) is 7.19. The smallest absolute Gasteiger partial charge is 0.252 e. The highest BCUT2D eigenvalue weighted by atomic mass is 79.9. The molecule has 10 heteroatoms. The first kappa shape index (κ1) is 19.8. The van der Waals surface area contributed by atoms with Gasteiger partial charge in [-0.25, -0.2) is 12.8 Å². The summed E-state index contributed by atoms with van der Waals surface area (Å²) < 4.78 is 41.3. The predicted octanol–water partition coefficient (Wildman–Crippen LogP) is 4.34. The molecule has 1 aromatic carbocycles.